The normalized spacial score (nSPS) is 19.9. The average molecular weight is 123 g/mol. The van der Waals surface area contributed by atoms with Crippen molar-refractivity contribution >= 4 is 0 Å². The fourth-order valence-corrected chi connectivity index (χ4v) is 0.845. The molecule has 0 aliphatic carbocycles. The third-order valence-electron chi connectivity index (χ3n) is 1.54. The van der Waals surface area contributed by atoms with Gasteiger partial charge in [0.2, 0.25) is 0 Å². The average Bonchev–Trinajstić information content (AvgIpc) is 2.15. The predicted octanol–water partition coefficient (Wildman–Crippen LogP) is 0.973. The molecule has 1 aliphatic heterocycles. The highest BCUT2D eigenvalue weighted by molar-refractivity contribution is 5.15. The minimum atomic E-state index is 0.715. The number of hydrogen-bond donors (Lipinski definition) is 1. The second-order valence-electron chi connectivity index (χ2n) is 2.08. The summed E-state index contributed by atoms with van der Waals surface area (Å²) in [6.07, 6.45) is 3.66. The molecule has 1 rings (SSSR count). The summed E-state index contributed by atoms with van der Waals surface area (Å²) in [6.45, 7) is 7.62. The molecular weight excluding hydrogens is 112 g/mol. The van der Waals surface area contributed by atoms with Gasteiger partial charge in [0.1, 0.15) is 0 Å². The maximum atomic E-state index is 5.52. The molecule has 0 spiro atoms. The molecule has 49 valence electrons. The highest BCUT2D eigenvalue weighted by atomic mass is 15.3. The summed E-state index contributed by atoms with van der Waals surface area (Å²) in [7, 11) is 1.95. The molecule has 0 saturated carbocycles. The zero-order chi connectivity index (χ0) is 6.85. The maximum Gasteiger partial charge on any atom is 0.156 e. The first-order valence-corrected chi connectivity index (χ1v) is 3.07. The van der Waals surface area contributed by atoms with Crippen LogP contribution in [0.1, 0.15) is 13.3 Å². The molecule has 1 N–H and O–H groups in total. The van der Waals surface area contributed by atoms with E-state index in [-0.39, 0.29) is 0 Å². The number of nitrogens with zero attached hydrogens (tertiary/aromatic N) is 1. The van der Waals surface area contributed by atoms with Crippen molar-refractivity contribution in [1.82, 2.24) is 10.2 Å². The van der Waals surface area contributed by atoms with E-state index in [1.807, 2.05) is 18.1 Å². The molecule has 1 heterocycles. The summed E-state index contributed by atoms with van der Waals surface area (Å²) in [5.41, 5.74) is 1.23. The van der Waals surface area contributed by atoms with Crippen LogP contribution in [-0.4, -0.2) is 11.9 Å². The van der Waals surface area contributed by atoms with Gasteiger partial charge in [-0.25, -0.2) is 0 Å². The van der Waals surface area contributed by atoms with Crippen LogP contribution in [0.15, 0.2) is 11.9 Å². The van der Waals surface area contributed by atoms with Crippen molar-refractivity contribution in [2.75, 3.05) is 7.05 Å². The molecule has 0 bridgehead atoms. The fraction of sp³-hybridized carbons (Fsp3) is 0.429. The van der Waals surface area contributed by atoms with Gasteiger partial charge in [-0.05, 0) is 6.42 Å². The molecule has 0 amide bonds. The van der Waals surface area contributed by atoms with Crippen LogP contribution in [0.5, 0.6) is 0 Å². The van der Waals surface area contributed by atoms with Gasteiger partial charge in [0.25, 0.3) is 0 Å². The monoisotopic (exact) mass is 123 g/mol. The third kappa shape index (κ3) is 1.02. The van der Waals surface area contributed by atoms with E-state index in [9.17, 15) is 0 Å². The van der Waals surface area contributed by atoms with Crippen molar-refractivity contribution in [2.45, 2.75) is 13.3 Å². The van der Waals surface area contributed by atoms with Crippen molar-refractivity contribution in [2.24, 2.45) is 0 Å². The Balaban J connectivity index is 2.55. The van der Waals surface area contributed by atoms with Gasteiger partial charge < -0.3 is 10.2 Å². The standard InChI is InChI=1S/C7H11N2/c1-4-7-5-8-6(2)9(7)3/h2,5,8H,4H2,1,3H3. The molecule has 2 heteroatoms. The lowest BCUT2D eigenvalue weighted by atomic mass is 10.3. The number of hydrogen-bond acceptors (Lipinski definition) is 2. The Kier molecular flexibility index (Phi) is 1.65. The first-order valence-electron chi connectivity index (χ1n) is 3.07. The minimum Gasteiger partial charge on any atom is -0.364 e. The van der Waals surface area contributed by atoms with Crippen LogP contribution in [-0.2, 0) is 0 Å². The second-order valence-corrected chi connectivity index (χ2v) is 2.08. The summed E-state index contributed by atoms with van der Waals surface area (Å²) in [4.78, 5) is 1.94. The van der Waals surface area contributed by atoms with Crippen LogP contribution in [0, 0.1) is 13.1 Å². The first-order chi connectivity index (χ1) is 4.25. The topological polar surface area (TPSA) is 15.3 Å². The predicted molar refractivity (Wildman–Crippen MR) is 36.8 cm³/mol. The molecule has 0 fully saturated rings. The summed E-state index contributed by atoms with van der Waals surface area (Å²) < 4.78 is 0. The third-order valence-corrected chi connectivity index (χ3v) is 1.54. The van der Waals surface area contributed by atoms with Crippen molar-refractivity contribution < 1.29 is 0 Å². The number of rotatable bonds is 1. The molecule has 1 aliphatic rings. The minimum absolute atomic E-state index is 0.715. The van der Waals surface area contributed by atoms with Gasteiger partial charge in [0.15, 0.2) is 6.17 Å². The molecule has 0 unspecified atom stereocenters. The van der Waals surface area contributed by atoms with Crippen molar-refractivity contribution in [3.8, 4) is 0 Å². The summed E-state index contributed by atoms with van der Waals surface area (Å²) in [6, 6.07) is 0. The molecule has 9 heavy (non-hydrogen) atoms. The summed E-state index contributed by atoms with van der Waals surface area (Å²) in [5, 5.41) is 2.93. The SMILES string of the molecule is [CH][C]1NC=C(CC)N1C. The van der Waals surface area contributed by atoms with Crippen LogP contribution in [0.3, 0.4) is 0 Å². The quantitative estimate of drug-likeness (QED) is 0.559. The van der Waals surface area contributed by atoms with E-state index in [1.54, 1.807) is 0 Å². The number of nitrogens with one attached hydrogen (secondary N) is 1. The Labute approximate surface area is 56.5 Å². The molecule has 0 atom stereocenters. The largest absolute Gasteiger partial charge is 0.364 e. The number of allylic oxidation sites excluding steroid dienone is 1. The Morgan fingerprint density at radius 3 is 2.67 bits per heavy atom. The second kappa shape index (κ2) is 2.29. The zero-order valence-electron chi connectivity index (χ0n) is 5.81. The lowest BCUT2D eigenvalue weighted by Gasteiger charge is -2.18. The molecule has 3 radical (unpaired) electrons. The van der Waals surface area contributed by atoms with Gasteiger partial charge in [0, 0.05) is 25.9 Å². The smallest absolute Gasteiger partial charge is 0.156 e. The van der Waals surface area contributed by atoms with E-state index >= 15 is 0 Å². The van der Waals surface area contributed by atoms with E-state index < -0.39 is 0 Å². The van der Waals surface area contributed by atoms with E-state index in [1.165, 1.54) is 5.70 Å². The zero-order valence-corrected chi connectivity index (χ0v) is 5.81. The lowest BCUT2D eigenvalue weighted by molar-refractivity contribution is 0.452. The van der Waals surface area contributed by atoms with Crippen LogP contribution >= 0.6 is 0 Å². The highest BCUT2D eigenvalue weighted by Crippen LogP contribution is 2.17. The molecule has 0 aromatic carbocycles. The van der Waals surface area contributed by atoms with E-state index in [2.05, 4.69) is 12.2 Å². The van der Waals surface area contributed by atoms with Gasteiger partial charge in [0.05, 0.1) is 0 Å². The Morgan fingerprint density at radius 2 is 2.44 bits per heavy atom. The Bertz CT molecular complexity index is 129. The van der Waals surface area contributed by atoms with Crippen LogP contribution in [0.2, 0.25) is 0 Å². The van der Waals surface area contributed by atoms with Gasteiger partial charge >= 0.3 is 0 Å². The van der Waals surface area contributed by atoms with Crippen LogP contribution < -0.4 is 5.32 Å². The van der Waals surface area contributed by atoms with Gasteiger partial charge in [-0.1, -0.05) is 6.92 Å². The van der Waals surface area contributed by atoms with Crippen molar-refractivity contribution in [3.63, 3.8) is 0 Å². The summed E-state index contributed by atoms with van der Waals surface area (Å²) >= 11 is 0. The Morgan fingerprint density at radius 1 is 1.78 bits per heavy atom. The first kappa shape index (κ1) is 6.46. The fourth-order valence-electron chi connectivity index (χ4n) is 0.845. The van der Waals surface area contributed by atoms with Gasteiger partial charge in [-0.3, -0.25) is 0 Å². The van der Waals surface area contributed by atoms with Gasteiger partial charge in [-0.2, -0.15) is 0 Å². The Hall–Kier alpha value is -0.660. The van der Waals surface area contributed by atoms with E-state index in [0.717, 1.165) is 6.42 Å². The molecule has 0 aromatic rings. The van der Waals surface area contributed by atoms with E-state index in [0.29, 0.717) is 6.17 Å². The highest BCUT2D eigenvalue weighted by Gasteiger charge is 2.16. The maximum absolute atomic E-state index is 5.52. The van der Waals surface area contributed by atoms with Crippen LogP contribution in [0.4, 0.5) is 0 Å². The summed E-state index contributed by atoms with van der Waals surface area (Å²) in [5.74, 6) is 0. The molecular formula is C7H11N2. The van der Waals surface area contributed by atoms with Crippen molar-refractivity contribution in [1.29, 1.82) is 0 Å². The molecule has 0 aromatic heterocycles. The van der Waals surface area contributed by atoms with E-state index in [4.69, 9.17) is 6.92 Å². The molecule has 0 saturated heterocycles. The lowest BCUT2D eigenvalue weighted by Crippen LogP contribution is -2.22. The van der Waals surface area contributed by atoms with Crippen molar-refractivity contribution in [3.05, 3.63) is 25.0 Å². The van der Waals surface area contributed by atoms with Crippen LogP contribution in [0.25, 0.3) is 0 Å². The molecule has 2 nitrogen and oxygen atoms in total. The van der Waals surface area contributed by atoms with Gasteiger partial charge in [-0.15, -0.1) is 0 Å².